The van der Waals surface area contributed by atoms with Crippen LogP contribution in [0.3, 0.4) is 0 Å². The van der Waals surface area contributed by atoms with Gasteiger partial charge in [0.25, 0.3) is 10.9 Å². The minimum atomic E-state index is -1.17. The Bertz CT molecular complexity index is 741. The lowest BCUT2D eigenvalue weighted by Crippen LogP contribution is -2.68. The number of hydrogen-bond acceptors (Lipinski definition) is 8. The van der Waals surface area contributed by atoms with Gasteiger partial charge in [-0.05, 0) is 22.2 Å². The van der Waals surface area contributed by atoms with Gasteiger partial charge >= 0.3 is 5.97 Å². The van der Waals surface area contributed by atoms with E-state index in [1.807, 2.05) is 0 Å². The first kappa shape index (κ1) is 16.9. The van der Waals surface area contributed by atoms with Gasteiger partial charge in [-0.25, -0.2) is 4.79 Å². The molecule has 1 unspecified atom stereocenters. The molecule has 3 heterocycles. The van der Waals surface area contributed by atoms with Crippen molar-refractivity contribution >= 4 is 35.4 Å². The Morgan fingerprint density at radius 1 is 1.67 bits per heavy atom. The average Bonchev–Trinajstić information content (AvgIpc) is 2.58. The van der Waals surface area contributed by atoms with Gasteiger partial charge in [0.1, 0.15) is 17.1 Å². The molecule has 1 aromatic heterocycles. The molecule has 0 radical (unpaired) electrons. The lowest BCUT2D eigenvalue weighted by atomic mass is 10.0. The van der Waals surface area contributed by atoms with Crippen LogP contribution < -0.4 is 15.3 Å². The zero-order valence-electron chi connectivity index (χ0n) is 12.5. The largest absolute Gasteiger partial charge is 0.593 e. The standard InChI is InChI=1S/C13H14N4O5S2/c1-22-7-2-3-8(17(21)15-7)23-4-6-5-24-12-9(14)11(18)16(12)10(6)13(19)20/h2-3,9,12H,4-5,14H2,1H3,(H,19,20)/t9?,12-/m0/s1. The van der Waals surface area contributed by atoms with E-state index in [1.165, 1.54) is 23.8 Å². The van der Waals surface area contributed by atoms with Gasteiger partial charge in [-0.3, -0.25) is 9.69 Å². The van der Waals surface area contributed by atoms with Crippen molar-refractivity contribution in [2.45, 2.75) is 16.4 Å². The van der Waals surface area contributed by atoms with Crippen molar-refractivity contribution in [3.05, 3.63) is 28.6 Å². The summed E-state index contributed by atoms with van der Waals surface area (Å²) in [6.45, 7) is 0. The first-order valence-corrected chi connectivity index (χ1v) is 8.90. The lowest BCUT2D eigenvalue weighted by Gasteiger charge is -2.48. The zero-order valence-corrected chi connectivity index (χ0v) is 14.2. The van der Waals surface area contributed by atoms with Crippen LogP contribution in [-0.2, 0) is 9.59 Å². The van der Waals surface area contributed by atoms with Crippen LogP contribution in [0.2, 0.25) is 0 Å². The minimum absolute atomic E-state index is 0.0307. The van der Waals surface area contributed by atoms with Crippen molar-refractivity contribution in [2.24, 2.45) is 5.73 Å². The number of nitrogens with zero attached hydrogens (tertiary/aromatic N) is 3. The highest BCUT2D eigenvalue weighted by Crippen LogP contribution is 2.40. The molecule has 1 saturated heterocycles. The van der Waals surface area contributed by atoms with Crippen LogP contribution in [0.1, 0.15) is 0 Å². The number of aliphatic carboxylic acids is 1. The predicted octanol–water partition coefficient (Wildman–Crippen LogP) is -0.603. The monoisotopic (exact) mass is 370 g/mol. The number of β-lactam (4-membered cyclic amide) rings is 1. The Balaban J connectivity index is 1.80. The zero-order chi connectivity index (χ0) is 17.4. The summed E-state index contributed by atoms with van der Waals surface area (Å²) in [4.78, 5) is 25.1. The molecule has 3 N–H and O–H groups in total. The van der Waals surface area contributed by atoms with E-state index >= 15 is 0 Å². The Morgan fingerprint density at radius 3 is 3.04 bits per heavy atom. The summed E-state index contributed by atoms with van der Waals surface area (Å²) in [5, 5.41) is 24.9. The van der Waals surface area contributed by atoms with Crippen LogP contribution in [0.5, 0.6) is 5.88 Å². The fourth-order valence-electron chi connectivity index (χ4n) is 2.44. The van der Waals surface area contributed by atoms with Crippen molar-refractivity contribution in [2.75, 3.05) is 18.6 Å². The summed E-state index contributed by atoms with van der Waals surface area (Å²) < 4.78 is 4.86. The first-order chi connectivity index (χ1) is 11.4. The molecule has 0 saturated carbocycles. The molecule has 1 amide bonds. The normalized spacial score (nSPS) is 22.9. The van der Waals surface area contributed by atoms with Gasteiger partial charge in [0, 0.05) is 23.6 Å². The number of carbonyl (C=O) groups excluding carboxylic acids is 1. The maximum absolute atomic E-state index is 11.9. The third-order valence-corrected chi connectivity index (χ3v) is 6.08. The van der Waals surface area contributed by atoms with Gasteiger partial charge in [-0.15, -0.1) is 11.8 Å². The second-order valence-corrected chi connectivity index (χ2v) is 7.17. The Kier molecular flexibility index (Phi) is 4.56. The SMILES string of the molecule is COc1ccc(SCC2=C(C(=O)O)N3C(=O)C(N)[C@@H]3SC2)[n+]([O-])n1. The number of hydrogen-bond donors (Lipinski definition) is 2. The lowest BCUT2D eigenvalue weighted by molar-refractivity contribution is -0.706. The quantitative estimate of drug-likeness (QED) is 0.301. The number of ether oxygens (including phenoxy) is 1. The Labute approximate surface area is 145 Å². The highest BCUT2D eigenvalue weighted by Gasteiger charge is 2.51. The summed E-state index contributed by atoms with van der Waals surface area (Å²) in [5.74, 6) is -0.664. The molecule has 3 rings (SSSR count). The summed E-state index contributed by atoms with van der Waals surface area (Å²) in [5.41, 5.74) is 6.24. The molecular weight excluding hydrogens is 356 g/mol. The van der Waals surface area contributed by atoms with Crippen molar-refractivity contribution in [3.63, 3.8) is 0 Å². The van der Waals surface area contributed by atoms with Crippen molar-refractivity contribution in [1.29, 1.82) is 0 Å². The molecule has 0 aromatic carbocycles. The first-order valence-electron chi connectivity index (χ1n) is 6.87. The molecule has 24 heavy (non-hydrogen) atoms. The number of amides is 1. The number of thioether (sulfide) groups is 2. The predicted molar refractivity (Wildman–Crippen MR) is 86.2 cm³/mol. The van der Waals surface area contributed by atoms with Gasteiger partial charge in [0.2, 0.25) is 5.91 Å². The van der Waals surface area contributed by atoms with E-state index in [9.17, 15) is 19.9 Å². The van der Waals surface area contributed by atoms with Crippen LogP contribution in [-0.4, -0.2) is 57.0 Å². The van der Waals surface area contributed by atoms with E-state index in [0.717, 1.165) is 11.8 Å². The van der Waals surface area contributed by atoms with E-state index in [-0.39, 0.29) is 22.7 Å². The molecule has 0 bridgehead atoms. The van der Waals surface area contributed by atoms with E-state index < -0.39 is 17.9 Å². The van der Waals surface area contributed by atoms with Gasteiger partial charge in [-0.2, -0.15) is 0 Å². The maximum Gasteiger partial charge on any atom is 0.352 e. The van der Waals surface area contributed by atoms with E-state index in [1.54, 1.807) is 12.1 Å². The summed E-state index contributed by atoms with van der Waals surface area (Å²) in [6.07, 6.45) is 0. The van der Waals surface area contributed by atoms with Crippen LogP contribution in [0, 0.1) is 5.21 Å². The molecule has 2 atom stereocenters. The molecule has 2 aliphatic rings. The molecule has 128 valence electrons. The van der Waals surface area contributed by atoms with Crippen LogP contribution in [0.15, 0.2) is 28.4 Å². The number of rotatable bonds is 5. The fourth-order valence-corrected chi connectivity index (χ4v) is 4.74. The molecular formula is C13H14N4O5S2. The molecule has 2 aliphatic heterocycles. The second kappa shape index (κ2) is 6.49. The highest BCUT2D eigenvalue weighted by molar-refractivity contribution is 8.01. The molecule has 9 nitrogen and oxygen atoms in total. The van der Waals surface area contributed by atoms with E-state index in [4.69, 9.17) is 10.5 Å². The Morgan fingerprint density at radius 2 is 2.42 bits per heavy atom. The fraction of sp³-hybridized carbons (Fsp3) is 0.385. The third-order valence-electron chi connectivity index (χ3n) is 3.64. The number of methoxy groups -OCH3 is 1. The van der Waals surface area contributed by atoms with Gasteiger partial charge in [-0.1, -0.05) is 0 Å². The van der Waals surface area contributed by atoms with E-state index in [2.05, 4.69) is 5.10 Å². The smallest absolute Gasteiger partial charge is 0.352 e. The van der Waals surface area contributed by atoms with Crippen molar-refractivity contribution in [1.82, 2.24) is 10.00 Å². The third kappa shape index (κ3) is 2.78. The molecule has 1 fully saturated rings. The number of nitrogens with two attached hydrogens (primary N) is 1. The van der Waals surface area contributed by atoms with Crippen LogP contribution >= 0.6 is 23.5 Å². The number of carboxylic acid groups (broad SMARTS) is 1. The maximum atomic E-state index is 11.9. The second-order valence-electron chi connectivity index (χ2n) is 5.07. The highest BCUT2D eigenvalue weighted by atomic mass is 32.2. The molecule has 1 aromatic rings. The van der Waals surface area contributed by atoms with Gasteiger partial charge in [0.15, 0.2) is 0 Å². The minimum Gasteiger partial charge on any atom is -0.593 e. The van der Waals surface area contributed by atoms with Crippen molar-refractivity contribution in [3.8, 4) is 5.88 Å². The van der Waals surface area contributed by atoms with Gasteiger partial charge in [0.05, 0.1) is 12.2 Å². The molecule has 0 spiro atoms. The van der Waals surface area contributed by atoms with Crippen LogP contribution in [0.25, 0.3) is 0 Å². The molecule has 11 heteroatoms. The molecule has 0 aliphatic carbocycles. The number of carbonyl (C=O) groups is 2. The number of carboxylic acids is 1. The topological polar surface area (TPSA) is 133 Å². The summed E-state index contributed by atoms with van der Waals surface area (Å²) in [6, 6.07) is 2.44. The average molecular weight is 370 g/mol. The van der Waals surface area contributed by atoms with Gasteiger partial charge < -0.3 is 20.8 Å². The number of fused-ring (bicyclic) bond motifs is 1. The summed E-state index contributed by atoms with van der Waals surface area (Å²) in [7, 11) is 1.41. The Hall–Kier alpha value is -1.98. The van der Waals surface area contributed by atoms with E-state index in [0.29, 0.717) is 21.2 Å². The number of aromatic nitrogens is 2. The summed E-state index contributed by atoms with van der Waals surface area (Å²) >= 11 is 2.58. The van der Waals surface area contributed by atoms with Crippen LogP contribution in [0.4, 0.5) is 0 Å². The van der Waals surface area contributed by atoms with Crippen molar-refractivity contribution < 1.29 is 24.3 Å².